The number of carbonyl (C=O) groups is 3. The molecule has 0 saturated heterocycles. The Hall–Kier alpha value is -4.37. The number of ether oxygens (including phenoxy) is 2. The molecule has 0 aliphatic heterocycles. The molecule has 0 atom stereocenters. The Morgan fingerprint density at radius 1 is 0.917 bits per heavy atom. The Morgan fingerprint density at radius 2 is 1.69 bits per heavy atom. The van der Waals surface area contributed by atoms with Gasteiger partial charge in [-0.15, -0.1) is 0 Å². The predicted octanol–water partition coefficient (Wildman–Crippen LogP) is 4.07. The van der Waals surface area contributed by atoms with Crippen molar-refractivity contribution in [2.24, 2.45) is 5.10 Å². The number of nitrogens with one attached hydrogen (secondary N) is 3. The number of methoxy groups -OCH3 is 1. The minimum atomic E-state index is -0.980. The largest absolute Gasteiger partial charge is 0.497 e. The second-order valence-corrected chi connectivity index (χ2v) is 8.14. The molecule has 36 heavy (non-hydrogen) atoms. The lowest BCUT2D eigenvalue weighted by atomic mass is 10.1. The summed E-state index contributed by atoms with van der Waals surface area (Å²) in [5, 5.41) is 9.42. The fourth-order valence-corrected chi connectivity index (χ4v) is 3.19. The highest BCUT2D eigenvalue weighted by atomic mass is 35.5. The van der Waals surface area contributed by atoms with Gasteiger partial charge in [0, 0.05) is 28.0 Å². The molecule has 0 aromatic heterocycles. The number of benzene rings is 3. The van der Waals surface area contributed by atoms with Crippen LogP contribution in [-0.2, 0) is 14.4 Å². The molecule has 0 fully saturated rings. The molecule has 0 heterocycles. The molecule has 9 nitrogen and oxygen atoms in total. The van der Waals surface area contributed by atoms with Gasteiger partial charge in [0.1, 0.15) is 11.5 Å². The molecular weight excluding hydrogens is 484 g/mol. The summed E-state index contributed by atoms with van der Waals surface area (Å²) in [5.41, 5.74) is 5.78. The Bertz CT molecular complexity index is 1310. The van der Waals surface area contributed by atoms with Crippen molar-refractivity contribution < 1.29 is 23.9 Å². The van der Waals surface area contributed by atoms with Crippen molar-refractivity contribution in [1.29, 1.82) is 0 Å². The van der Waals surface area contributed by atoms with Crippen molar-refractivity contribution in [3.8, 4) is 11.5 Å². The number of nitrogens with zero attached hydrogens (tertiary/aromatic N) is 1. The quantitative estimate of drug-likeness (QED) is 0.241. The first-order valence-corrected chi connectivity index (χ1v) is 11.2. The molecule has 3 aromatic rings. The van der Waals surface area contributed by atoms with Crippen LogP contribution >= 0.6 is 11.6 Å². The fraction of sp³-hybridized carbons (Fsp3) is 0.154. The molecular formula is C26H25ClN4O5. The first kappa shape index (κ1) is 26.2. The zero-order valence-electron chi connectivity index (χ0n) is 19.9. The highest BCUT2D eigenvalue weighted by Gasteiger charge is 2.14. The Balaban J connectivity index is 1.57. The minimum Gasteiger partial charge on any atom is -0.497 e. The lowest BCUT2D eigenvalue weighted by molar-refractivity contribution is -0.136. The number of aryl methyl sites for hydroxylation is 2. The van der Waals surface area contributed by atoms with Crippen molar-refractivity contribution in [3.63, 3.8) is 0 Å². The summed E-state index contributed by atoms with van der Waals surface area (Å²) in [5.74, 6) is -1.40. The van der Waals surface area contributed by atoms with Crippen LogP contribution in [-0.4, -0.2) is 37.7 Å². The first-order valence-electron chi connectivity index (χ1n) is 10.8. The van der Waals surface area contributed by atoms with Gasteiger partial charge in [0.25, 0.3) is 5.91 Å². The summed E-state index contributed by atoms with van der Waals surface area (Å²) in [6, 6.07) is 16.9. The van der Waals surface area contributed by atoms with Crippen LogP contribution in [0.15, 0.2) is 65.8 Å². The van der Waals surface area contributed by atoms with Crippen molar-refractivity contribution in [2.45, 2.75) is 13.8 Å². The summed E-state index contributed by atoms with van der Waals surface area (Å²) < 4.78 is 10.7. The molecule has 0 aliphatic rings. The average molecular weight is 509 g/mol. The highest BCUT2D eigenvalue weighted by molar-refractivity contribution is 6.39. The number of rotatable bonds is 8. The number of hydrazone groups is 1. The standard InChI is InChI=1S/C26H25ClN4O5/c1-16-7-9-21(11-17(16)2)29-24(32)15-36-23-10-8-19(27)12-18(23)14-28-31-26(34)25(33)30-20-5-4-6-22(13-20)35-3/h4-14H,15H2,1-3H3,(H,29,32)(H,30,33)(H,31,34)/b28-14-. The topological polar surface area (TPSA) is 118 Å². The summed E-state index contributed by atoms with van der Waals surface area (Å²) in [6.45, 7) is 3.69. The molecule has 3 aromatic carbocycles. The Morgan fingerprint density at radius 3 is 2.44 bits per heavy atom. The minimum absolute atomic E-state index is 0.259. The van der Waals surface area contributed by atoms with Crippen LogP contribution in [0.25, 0.3) is 0 Å². The van der Waals surface area contributed by atoms with E-state index in [0.717, 1.165) is 11.1 Å². The van der Waals surface area contributed by atoms with Crippen molar-refractivity contribution in [2.75, 3.05) is 24.4 Å². The van der Waals surface area contributed by atoms with Crippen LogP contribution in [0.3, 0.4) is 0 Å². The van der Waals surface area contributed by atoms with Gasteiger partial charge in [0.2, 0.25) is 0 Å². The number of halogens is 1. The second-order valence-electron chi connectivity index (χ2n) is 7.70. The van der Waals surface area contributed by atoms with E-state index in [-0.39, 0.29) is 12.5 Å². The van der Waals surface area contributed by atoms with Crippen LogP contribution in [0.1, 0.15) is 16.7 Å². The van der Waals surface area contributed by atoms with Crippen LogP contribution < -0.4 is 25.5 Å². The molecule has 0 spiro atoms. The van der Waals surface area contributed by atoms with Gasteiger partial charge in [0.05, 0.1) is 13.3 Å². The lowest BCUT2D eigenvalue weighted by Crippen LogP contribution is -2.32. The van der Waals surface area contributed by atoms with Gasteiger partial charge in [-0.2, -0.15) is 5.10 Å². The predicted molar refractivity (Wildman–Crippen MR) is 139 cm³/mol. The number of anilines is 2. The first-order chi connectivity index (χ1) is 17.2. The molecule has 3 N–H and O–H groups in total. The third-order valence-electron chi connectivity index (χ3n) is 5.02. The zero-order chi connectivity index (χ0) is 26.1. The van der Waals surface area contributed by atoms with Crippen LogP contribution in [0.5, 0.6) is 11.5 Å². The molecule has 0 saturated carbocycles. The zero-order valence-corrected chi connectivity index (χ0v) is 20.7. The third kappa shape index (κ3) is 7.57. The maximum Gasteiger partial charge on any atom is 0.329 e. The van der Waals surface area contributed by atoms with Gasteiger partial charge < -0.3 is 20.1 Å². The third-order valence-corrected chi connectivity index (χ3v) is 5.26. The Labute approximate surface area is 213 Å². The second kappa shape index (κ2) is 12.4. The van der Waals surface area contributed by atoms with Gasteiger partial charge in [-0.25, -0.2) is 5.43 Å². The maximum absolute atomic E-state index is 12.3. The van der Waals surface area contributed by atoms with Crippen molar-refractivity contribution >= 4 is 46.9 Å². The van der Waals surface area contributed by atoms with Crippen LogP contribution in [0.2, 0.25) is 5.02 Å². The summed E-state index contributed by atoms with van der Waals surface area (Å²) in [7, 11) is 1.49. The normalized spacial score (nSPS) is 10.6. The van der Waals surface area contributed by atoms with Gasteiger partial charge in [0.15, 0.2) is 6.61 Å². The van der Waals surface area contributed by atoms with E-state index in [1.165, 1.54) is 13.3 Å². The summed E-state index contributed by atoms with van der Waals surface area (Å²) >= 11 is 6.06. The highest BCUT2D eigenvalue weighted by Crippen LogP contribution is 2.22. The molecule has 0 aliphatic carbocycles. The van der Waals surface area contributed by atoms with Gasteiger partial charge in [-0.05, 0) is 67.4 Å². The summed E-state index contributed by atoms with van der Waals surface area (Å²) in [4.78, 5) is 36.5. The number of amides is 3. The smallest absolute Gasteiger partial charge is 0.329 e. The van der Waals surface area contributed by atoms with Crippen molar-refractivity contribution in [3.05, 3.63) is 82.4 Å². The van der Waals surface area contributed by atoms with E-state index in [1.54, 1.807) is 42.5 Å². The van der Waals surface area contributed by atoms with E-state index in [0.29, 0.717) is 33.5 Å². The number of hydrogen-bond acceptors (Lipinski definition) is 6. The summed E-state index contributed by atoms with van der Waals surface area (Å²) in [6.07, 6.45) is 1.26. The van der Waals surface area contributed by atoms with E-state index in [9.17, 15) is 14.4 Å². The van der Waals surface area contributed by atoms with Crippen LogP contribution in [0, 0.1) is 13.8 Å². The average Bonchev–Trinajstić information content (AvgIpc) is 2.85. The molecule has 0 radical (unpaired) electrons. The molecule has 186 valence electrons. The molecule has 0 unspecified atom stereocenters. The molecule has 10 heteroatoms. The SMILES string of the molecule is COc1cccc(NC(=O)C(=O)N/N=C\c2cc(Cl)ccc2OCC(=O)Nc2ccc(C)c(C)c2)c1. The number of hydrogen-bond donors (Lipinski definition) is 3. The van der Waals surface area contributed by atoms with Crippen molar-refractivity contribution in [1.82, 2.24) is 5.43 Å². The van der Waals surface area contributed by atoms with E-state index in [4.69, 9.17) is 21.1 Å². The Kier molecular flexibility index (Phi) is 9.01. The van der Waals surface area contributed by atoms with Crippen LogP contribution in [0.4, 0.5) is 11.4 Å². The number of carbonyl (C=O) groups excluding carboxylic acids is 3. The van der Waals surface area contributed by atoms with E-state index in [1.807, 2.05) is 32.0 Å². The maximum atomic E-state index is 12.3. The van der Waals surface area contributed by atoms with Gasteiger partial charge >= 0.3 is 11.8 Å². The fourth-order valence-electron chi connectivity index (χ4n) is 3.01. The van der Waals surface area contributed by atoms with E-state index >= 15 is 0 Å². The van der Waals surface area contributed by atoms with E-state index in [2.05, 4.69) is 21.2 Å². The molecule has 0 bridgehead atoms. The monoisotopic (exact) mass is 508 g/mol. The lowest BCUT2D eigenvalue weighted by Gasteiger charge is -2.11. The van der Waals surface area contributed by atoms with E-state index < -0.39 is 11.8 Å². The van der Waals surface area contributed by atoms with Gasteiger partial charge in [-0.3, -0.25) is 14.4 Å². The molecule has 3 rings (SSSR count). The van der Waals surface area contributed by atoms with Gasteiger partial charge in [-0.1, -0.05) is 23.7 Å². The molecule has 3 amide bonds.